The van der Waals surface area contributed by atoms with E-state index in [0.717, 1.165) is 16.5 Å². The second-order valence-electron chi connectivity index (χ2n) is 2.63. The number of hydrogen-bond acceptors (Lipinski definition) is 3. The molecule has 0 aliphatic rings. The van der Waals surface area contributed by atoms with Gasteiger partial charge in [0, 0.05) is 4.47 Å². The molecule has 4 heteroatoms. The predicted molar refractivity (Wildman–Crippen MR) is 54.1 cm³/mol. The molecule has 0 bridgehead atoms. The van der Waals surface area contributed by atoms with Gasteiger partial charge in [0.15, 0.2) is 11.4 Å². The van der Waals surface area contributed by atoms with E-state index in [-0.39, 0.29) is 6.10 Å². The monoisotopic (exact) mass is 243 g/mol. The molecule has 0 aliphatic heterocycles. The zero-order valence-electron chi connectivity index (χ0n) is 7.24. The second kappa shape index (κ2) is 4.97. The Labute approximate surface area is 85.2 Å². The van der Waals surface area contributed by atoms with E-state index in [1.165, 1.54) is 0 Å². The first kappa shape index (κ1) is 10.2. The van der Waals surface area contributed by atoms with Crippen LogP contribution >= 0.6 is 15.9 Å². The highest BCUT2D eigenvalue weighted by molar-refractivity contribution is 9.10. The molecular weight excluding hydrogens is 234 g/mol. The van der Waals surface area contributed by atoms with E-state index in [9.17, 15) is 4.91 Å². The predicted octanol–water partition coefficient (Wildman–Crippen LogP) is 3.60. The summed E-state index contributed by atoms with van der Waals surface area (Å²) in [5.74, 6) is 0. The number of halogens is 1. The summed E-state index contributed by atoms with van der Waals surface area (Å²) in [6.07, 6.45) is 0.499. The Hall–Kier alpha value is -0.900. The van der Waals surface area contributed by atoms with Crippen LogP contribution in [0, 0.1) is 4.91 Å². The first-order chi connectivity index (χ1) is 6.27. The van der Waals surface area contributed by atoms with Crippen LogP contribution in [-0.2, 0) is 4.84 Å². The van der Waals surface area contributed by atoms with Crippen molar-refractivity contribution in [3.63, 3.8) is 0 Å². The van der Waals surface area contributed by atoms with Crippen molar-refractivity contribution in [2.24, 2.45) is 5.34 Å². The Morgan fingerprint density at radius 1 is 1.46 bits per heavy atom. The molecule has 0 spiro atoms. The maximum atomic E-state index is 9.93. The number of rotatable bonds is 4. The van der Waals surface area contributed by atoms with Crippen LogP contribution in [0.25, 0.3) is 0 Å². The lowest BCUT2D eigenvalue weighted by atomic mass is 10.1. The maximum absolute atomic E-state index is 9.93. The third-order valence-corrected chi connectivity index (χ3v) is 2.31. The lowest BCUT2D eigenvalue weighted by molar-refractivity contribution is 0.0520. The first-order valence-electron chi connectivity index (χ1n) is 4.02. The molecule has 1 unspecified atom stereocenters. The maximum Gasteiger partial charge on any atom is 0.155 e. The molecule has 0 radical (unpaired) electrons. The minimum Gasteiger partial charge on any atom is -0.356 e. The van der Waals surface area contributed by atoms with Crippen LogP contribution < -0.4 is 0 Å². The average molecular weight is 244 g/mol. The highest BCUT2D eigenvalue weighted by Gasteiger charge is 2.09. The fraction of sp³-hybridized carbons (Fsp3) is 0.333. The van der Waals surface area contributed by atoms with Crippen molar-refractivity contribution in [1.29, 1.82) is 0 Å². The molecule has 0 saturated heterocycles. The van der Waals surface area contributed by atoms with Crippen LogP contribution in [0.3, 0.4) is 0 Å². The van der Waals surface area contributed by atoms with E-state index in [0.29, 0.717) is 0 Å². The van der Waals surface area contributed by atoms with Crippen molar-refractivity contribution >= 4 is 15.9 Å². The molecule has 1 aromatic rings. The van der Waals surface area contributed by atoms with E-state index in [2.05, 4.69) is 26.1 Å². The van der Waals surface area contributed by atoms with Crippen molar-refractivity contribution in [1.82, 2.24) is 0 Å². The summed E-state index contributed by atoms with van der Waals surface area (Å²) in [7, 11) is 0. The smallest absolute Gasteiger partial charge is 0.155 e. The zero-order chi connectivity index (χ0) is 9.68. The molecule has 0 saturated carbocycles. The summed E-state index contributed by atoms with van der Waals surface area (Å²) in [6, 6.07) is 7.63. The topological polar surface area (TPSA) is 38.7 Å². The van der Waals surface area contributed by atoms with Crippen LogP contribution in [0.2, 0.25) is 0 Å². The third-order valence-electron chi connectivity index (χ3n) is 1.78. The van der Waals surface area contributed by atoms with Crippen molar-refractivity contribution in [2.75, 3.05) is 0 Å². The summed E-state index contributed by atoms with van der Waals surface area (Å²) in [4.78, 5) is 14.6. The van der Waals surface area contributed by atoms with Crippen LogP contribution in [0.5, 0.6) is 0 Å². The van der Waals surface area contributed by atoms with Gasteiger partial charge in [-0.15, -0.1) is 4.91 Å². The van der Waals surface area contributed by atoms with Gasteiger partial charge >= 0.3 is 0 Å². The minimum absolute atomic E-state index is 0.231. The Kier molecular flexibility index (Phi) is 3.89. The Morgan fingerprint density at radius 2 is 2.08 bits per heavy atom. The van der Waals surface area contributed by atoms with Gasteiger partial charge in [0.2, 0.25) is 0 Å². The summed E-state index contributed by atoms with van der Waals surface area (Å²) in [5.41, 5.74) is 0.963. The average Bonchev–Trinajstić information content (AvgIpc) is 2.16. The quantitative estimate of drug-likeness (QED) is 0.599. The molecule has 1 aromatic carbocycles. The molecule has 0 fully saturated rings. The summed E-state index contributed by atoms with van der Waals surface area (Å²) >= 11 is 3.33. The van der Waals surface area contributed by atoms with E-state index < -0.39 is 0 Å². The molecule has 0 heterocycles. The van der Waals surface area contributed by atoms with Gasteiger partial charge < -0.3 is 4.84 Å². The molecule has 1 atom stereocenters. The van der Waals surface area contributed by atoms with Crippen LogP contribution in [0.4, 0.5) is 0 Å². The fourth-order valence-corrected chi connectivity index (χ4v) is 1.36. The van der Waals surface area contributed by atoms with Gasteiger partial charge in [-0.1, -0.05) is 35.0 Å². The summed E-state index contributed by atoms with van der Waals surface area (Å²) in [5, 5.41) is 2.44. The fourth-order valence-electron chi connectivity index (χ4n) is 1.10. The minimum atomic E-state index is -0.231. The van der Waals surface area contributed by atoms with Gasteiger partial charge in [0.05, 0.1) is 0 Å². The van der Waals surface area contributed by atoms with Gasteiger partial charge in [-0.05, 0) is 24.1 Å². The molecular formula is C9H10BrNO2. The molecule has 0 N–H and O–H groups in total. The molecule has 13 heavy (non-hydrogen) atoms. The van der Waals surface area contributed by atoms with Crippen LogP contribution in [0.1, 0.15) is 25.0 Å². The largest absolute Gasteiger partial charge is 0.356 e. The number of hydrogen-bond donors (Lipinski definition) is 0. The van der Waals surface area contributed by atoms with E-state index >= 15 is 0 Å². The molecule has 70 valence electrons. The number of benzene rings is 1. The van der Waals surface area contributed by atoms with Gasteiger partial charge in [-0.3, -0.25) is 0 Å². The molecule has 0 amide bonds. The zero-order valence-corrected chi connectivity index (χ0v) is 8.82. The number of nitrogens with zero attached hydrogens (tertiary/aromatic N) is 1. The summed E-state index contributed by atoms with van der Waals surface area (Å²) < 4.78 is 1.00. The van der Waals surface area contributed by atoms with Crippen molar-refractivity contribution in [2.45, 2.75) is 19.4 Å². The van der Waals surface area contributed by atoms with Crippen molar-refractivity contribution < 1.29 is 4.84 Å². The normalized spacial score (nSPS) is 12.2. The first-order valence-corrected chi connectivity index (χ1v) is 4.81. The van der Waals surface area contributed by atoms with E-state index in [1.54, 1.807) is 0 Å². The highest BCUT2D eigenvalue weighted by Crippen LogP contribution is 2.22. The Balaban J connectivity index is 2.78. The highest BCUT2D eigenvalue weighted by atomic mass is 79.9. The van der Waals surface area contributed by atoms with E-state index in [1.807, 2.05) is 31.2 Å². The Bertz CT molecular complexity index is 273. The van der Waals surface area contributed by atoms with E-state index in [4.69, 9.17) is 0 Å². The standard InChI is InChI=1S/C9H10BrNO2/c1-2-9(13-11-12)7-3-5-8(10)6-4-7/h3-6,9H,2H2,1H3. The van der Waals surface area contributed by atoms with Crippen LogP contribution in [0.15, 0.2) is 34.1 Å². The SMILES string of the molecule is CCC(ON=O)c1ccc(Br)cc1. The summed E-state index contributed by atoms with van der Waals surface area (Å²) in [6.45, 7) is 1.94. The third kappa shape index (κ3) is 2.81. The van der Waals surface area contributed by atoms with Gasteiger partial charge in [-0.2, -0.15) is 0 Å². The van der Waals surface area contributed by atoms with Crippen molar-refractivity contribution in [3.8, 4) is 0 Å². The lowest BCUT2D eigenvalue weighted by Gasteiger charge is -2.10. The molecule has 0 aliphatic carbocycles. The lowest BCUT2D eigenvalue weighted by Crippen LogP contribution is -1.97. The molecule has 1 rings (SSSR count). The second-order valence-corrected chi connectivity index (χ2v) is 3.54. The van der Waals surface area contributed by atoms with Gasteiger partial charge in [0.1, 0.15) is 0 Å². The van der Waals surface area contributed by atoms with Crippen LogP contribution in [-0.4, -0.2) is 0 Å². The van der Waals surface area contributed by atoms with Gasteiger partial charge in [0.25, 0.3) is 0 Å². The van der Waals surface area contributed by atoms with Gasteiger partial charge in [-0.25, -0.2) is 0 Å². The molecule has 0 aromatic heterocycles. The Morgan fingerprint density at radius 3 is 2.54 bits per heavy atom. The molecule has 3 nitrogen and oxygen atoms in total. The van der Waals surface area contributed by atoms with Crippen molar-refractivity contribution in [3.05, 3.63) is 39.2 Å².